The quantitative estimate of drug-likeness (QED) is 0.626. The Morgan fingerprint density at radius 1 is 1.07 bits per heavy atom. The average molecular weight is 415 g/mol. The molecule has 3 rings (SSSR count). The van der Waals surface area contributed by atoms with Crippen molar-refractivity contribution in [3.63, 3.8) is 0 Å². The lowest BCUT2D eigenvalue weighted by molar-refractivity contribution is -0.144. The summed E-state index contributed by atoms with van der Waals surface area (Å²) < 4.78 is 16.0. The molecule has 160 valence electrons. The van der Waals surface area contributed by atoms with Gasteiger partial charge in [0.2, 0.25) is 5.91 Å². The summed E-state index contributed by atoms with van der Waals surface area (Å²) in [6.45, 7) is 0. The molecule has 2 aromatic rings. The minimum absolute atomic E-state index is 0.0452. The van der Waals surface area contributed by atoms with E-state index in [1.165, 1.54) is 25.1 Å². The molecule has 9 heteroatoms. The predicted octanol–water partition coefficient (Wildman–Crippen LogP) is 2.23. The number of amides is 1. The second-order valence-corrected chi connectivity index (χ2v) is 7.19. The second kappa shape index (κ2) is 8.98. The van der Waals surface area contributed by atoms with Crippen LogP contribution in [0.1, 0.15) is 37.3 Å². The molecule has 1 aliphatic rings. The summed E-state index contributed by atoms with van der Waals surface area (Å²) in [6.07, 6.45) is 4.51. The van der Waals surface area contributed by atoms with Gasteiger partial charge in [0, 0.05) is 6.20 Å². The first-order chi connectivity index (χ1) is 14.4. The highest BCUT2D eigenvalue weighted by molar-refractivity contribution is 6.01. The number of aromatic nitrogens is 2. The summed E-state index contributed by atoms with van der Waals surface area (Å²) >= 11 is 0. The van der Waals surface area contributed by atoms with E-state index in [1.807, 2.05) is 24.3 Å². The first kappa shape index (κ1) is 21.4. The molecule has 1 saturated carbocycles. The molecule has 0 radical (unpaired) electrons. The summed E-state index contributed by atoms with van der Waals surface area (Å²) in [5.41, 5.74) is 0.855. The number of hydrogen-bond donors (Lipinski definition) is 1. The third kappa shape index (κ3) is 4.61. The molecule has 1 N–H and O–H groups in total. The fourth-order valence-electron chi connectivity index (χ4n) is 3.35. The van der Waals surface area contributed by atoms with Crippen molar-refractivity contribution in [2.45, 2.75) is 37.1 Å². The fraction of sp³-hybridized carbons (Fsp3) is 0.429. The first-order valence-electron chi connectivity index (χ1n) is 9.55. The van der Waals surface area contributed by atoms with E-state index in [-0.39, 0.29) is 18.7 Å². The predicted molar refractivity (Wildman–Crippen MR) is 107 cm³/mol. The number of ether oxygens (including phenoxy) is 3. The van der Waals surface area contributed by atoms with E-state index < -0.39 is 23.4 Å². The summed E-state index contributed by atoms with van der Waals surface area (Å²) in [4.78, 5) is 36.3. The van der Waals surface area contributed by atoms with Crippen molar-refractivity contribution in [3.8, 4) is 5.75 Å². The number of benzene rings is 1. The molecular weight excluding hydrogens is 390 g/mol. The largest absolute Gasteiger partial charge is 0.497 e. The maximum absolute atomic E-state index is 13.0. The third-order valence-corrected chi connectivity index (χ3v) is 5.32. The van der Waals surface area contributed by atoms with E-state index >= 15 is 0 Å². The molecular formula is C21H25N3O6. The zero-order valence-corrected chi connectivity index (χ0v) is 17.2. The van der Waals surface area contributed by atoms with Gasteiger partial charge in [0.05, 0.1) is 57.5 Å². The molecule has 0 spiro atoms. The van der Waals surface area contributed by atoms with Crippen LogP contribution in [-0.4, -0.2) is 49.0 Å². The van der Waals surface area contributed by atoms with E-state index in [0.29, 0.717) is 5.69 Å². The van der Waals surface area contributed by atoms with E-state index in [4.69, 9.17) is 14.2 Å². The first-order valence-corrected chi connectivity index (χ1v) is 9.55. The second-order valence-electron chi connectivity index (χ2n) is 7.19. The molecule has 0 atom stereocenters. The molecule has 0 saturated heterocycles. The molecule has 9 nitrogen and oxygen atoms in total. The maximum atomic E-state index is 13.0. The van der Waals surface area contributed by atoms with Crippen molar-refractivity contribution in [3.05, 3.63) is 42.2 Å². The average Bonchev–Trinajstić information content (AvgIpc) is 3.46. The van der Waals surface area contributed by atoms with Crippen LogP contribution in [0.5, 0.6) is 5.75 Å². The minimum Gasteiger partial charge on any atom is -0.497 e. The highest BCUT2D eigenvalue weighted by atomic mass is 16.5. The third-order valence-electron chi connectivity index (χ3n) is 5.32. The number of nitrogens with zero attached hydrogens (tertiary/aromatic N) is 2. The van der Waals surface area contributed by atoms with Crippen LogP contribution in [0.25, 0.3) is 0 Å². The van der Waals surface area contributed by atoms with Crippen LogP contribution >= 0.6 is 0 Å². The van der Waals surface area contributed by atoms with E-state index in [2.05, 4.69) is 10.4 Å². The van der Waals surface area contributed by atoms with Crippen LogP contribution in [0.15, 0.2) is 36.7 Å². The van der Waals surface area contributed by atoms with Crippen LogP contribution in [-0.2, 0) is 29.3 Å². The van der Waals surface area contributed by atoms with Gasteiger partial charge in [-0.3, -0.25) is 19.1 Å². The van der Waals surface area contributed by atoms with Crippen molar-refractivity contribution in [1.29, 1.82) is 0 Å². The maximum Gasteiger partial charge on any atom is 0.307 e. The number of hydrogen-bond acceptors (Lipinski definition) is 7. The summed E-state index contributed by atoms with van der Waals surface area (Å²) in [5.74, 6) is -0.328. The Morgan fingerprint density at radius 2 is 1.67 bits per heavy atom. The summed E-state index contributed by atoms with van der Waals surface area (Å²) in [7, 11) is 4.15. The number of anilines is 1. The molecule has 1 aliphatic carbocycles. The molecule has 30 heavy (non-hydrogen) atoms. The van der Waals surface area contributed by atoms with E-state index in [0.717, 1.165) is 24.2 Å². The Labute approximate surface area is 174 Å². The highest BCUT2D eigenvalue weighted by Crippen LogP contribution is 2.49. The lowest BCUT2D eigenvalue weighted by Gasteiger charge is -2.16. The number of esters is 2. The van der Waals surface area contributed by atoms with Crippen molar-refractivity contribution >= 4 is 23.5 Å². The zero-order valence-electron chi connectivity index (χ0n) is 17.2. The molecule has 0 aliphatic heterocycles. The van der Waals surface area contributed by atoms with Crippen LogP contribution < -0.4 is 10.1 Å². The van der Waals surface area contributed by atoms with Gasteiger partial charge >= 0.3 is 11.9 Å². The minimum atomic E-state index is -0.577. The Balaban J connectivity index is 1.72. The zero-order chi connectivity index (χ0) is 21.7. The SMILES string of the molecule is COC(=O)CC(CC(=O)OC)n1cc(NC(=O)C2(c3ccc(OC)cc3)CC2)cn1. The van der Waals surface area contributed by atoms with Crippen LogP contribution in [0.4, 0.5) is 5.69 Å². The lowest BCUT2D eigenvalue weighted by Crippen LogP contribution is -2.27. The standard InChI is InChI=1S/C21H25N3O6/c1-28-17-6-4-14(5-7-17)21(8-9-21)20(27)23-15-12-22-24(13-15)16(10-18(25)29-2)11-19(26)30-3/h4-7,12-13,16H,8-11H2,1-3H3,(H,23,27). The molecule has 1 aromatic carbocycles. The number of carbonyl (C=O) groups is 3. The van der Waals surface area contributed by atoms with E-state index in [9.17, 15) is 14.4 Å². The Kier molecular flexibility index (Phi) is 6.39. The molecule has 1 heterocycles. The number of carbonyl (C=O) groups excluding carboxylic acids is 3. The van der Waals surface area contributed by atoms with Gasteiger partial charge in [-0.05, 0) is 30.5 Å². The topological polar surface area (TPSA) is 109 Å². The van der Waals surface area contributed by atoms with Gasteiger partial charge in [0.25, 0.3) is 0 Å². The smallest absolute Gasteiger partial charge is 0.307 e. The Morgan fingerprint density at radius 3 is 2.17 bits per heavy atom. The number of methoxy groups -OCH3 is 3. The molecule has 1 amide bonds. The van der Waals surface area contributed by atoms with Crippen molar-refractivity contribution in [1.82, 2.24) is 9.78 Å². The van der Waals surface area contributed by atoms with Gasteiger partial charge < -0.3 is 19.5 Å². The summed E-state index contributed by atoms with van der Waals surface area (Å²) in [6, 6.07) is 6.90. The van der Waals surface area contributed by atoms with Gasteiger partial charge in [-0.15, -0.1) is 0 Å². The van der Waals surface area contributed by atoms with Crippen LogP contribution in [0, 0.1) is 0 Å². The van der Waals surface area contributed by atoms with Gasteiger partial charge in [-0.1, -0.05) is 12.1 Å². The van der Waals surface area contributed by atoms with Crippen molar-refractivity contribution in [2.75, 3.05) is 26.6 Å². The number of rotatable bonds is 9. The van der Waals surface area contributed by atoms with E-state index in [1.54, 1.807) is 13.3 Å². The van der Waals surface area contributed by atoms with Gasteiger partial charge in [0.15, 0.2) is 0 Å². The molecule has 1 aromatic heterocycles. The fourth-order valence-corrected chi connectivity index (χ4v) is 3.35. The monoisotopic (exact) mass is 415 g/mol. The van der Waals surface area contributed by atoms with Gasteiger partial charge in [0.1, 0.15) is 5.75 Å². The number of nitrogens with one attached hydrogen (secondary N) is 1. The normalized spacial score (nSPS) is 14.1. The summed E-state index contributed by atoms with van der Waals surface area (Å²) in [5, 5.41) is 7.11. The van der Waals surface area contributed by atoms with Gasteiger partial charge in [-0.25, -0.2) is 0 Å². The van der Waals surface area contributed by atoms with Gasteiger partial charge in [-0.2, -0.15) is 5.10 Å². The lowest BCUT2D eigenvalue weighted by atomic mass is 9.95. The van der Waals surface area contributed by atoms with Crippen molar-refractivity contribution in [2.24, 2.45) is 0 Å². The Hall–Kier alpha value is -3.36. The van der Waals surface area contributed by atoms with Crippen LogP contribution in [0.3, 0.4) is 0 Å². The molecule has 1 fully saturated rings. The highest BCUT2D eigenvalue weighted by Gasteiger charge is 2.51. The van der Waals surface area contributed by atoms with Crippen LogP contribution in [0.2, 0.25) is 0 Å². The Bertz CT molecular complexity index is 899. The molecule has 0 bridgehead atoms. The molecule has 0 unspecified atom stereocenters. The van der Waals surface area contributed by atoms with Crippen molar-refractivity contribution < 1.29 is 28.6 Å².